The Morgan fingerprint density at radius 1 is 0.842 bits per heavy atom. The smallest absolute Gasteiger partial charge is 0.132 e. The predicted molar refractivity (Wildman–Crippen MR) is 67.7 cm³/mol. The highest BCUT2D eigenvalue weighted by Gasteiger charge is 1.94. The van der Waals surface area contributed by atoms with E-state index in [1.807, 2.05) is 0 Å². The molecule has 0 aromatic carbocycles. The van der Waals surface area contributed by atoms with Crippen molar-refractivity contribution in [1.82, 2.24) is 5.54 Å². The molecule has 1 N–H and O–H groups in total. The number of halogens is 1. The normalized spacial score (nSPS) is 10.8. The van der Waals surface area contributed by atoms with E-state index >= 15 is 0 Å². The first-order valence-corrected chi connectivity index (χ1v) is 6.41. The van der Waals surface area contributed by atoms with E-state index in [-0.39, 0.29) is 12.3 Å². The minimum absolute atomic E-state index is 0.124. The molecule has 0 amide bonds. The van der Waals surface area contributed by atoms with Crippen LogP contribution in [-0.4, -0.2) is 65.2 Å². The number of hydrogen-bond donors (Lipinski definition) is 1. The topological polar surface area (TPSA) is 66.0 Å². The molecule has 0 heterocycles. The molecule has 7 heteroatoms. The molecule has 0 aromatic heterocycles. The zero-order valence-electron chi connectivity index (χ0n) is 11.5. The lowest BCUT2D eigenvalue weighted by atomic mass is 10.3. The Bertz CT molecular complexity index is 207. The molecule has 0 aliphatic rings. The zero-order chi connectivity index (χ0) is 14.2. The summed E-state index contributed by atoms with van der Waals surface area (Å²) < 4.78 is 32.2. The van der Waals surface area contributed by atoms with Gasteiger partial charge in [0.05, 0.1) is 52.9 Å². The van der Waals surface area contributed by atoms with E-state index in [1.165, 1.54) is 12.5 Å². The number of nitrogens with one attached hydrogen (secondary N) is 1. The van der Waals surface area contributed by atoms with E-state index in [0.717, 1.165) is 0 Å². The first-order valence-electron chi connectivity index (χ1n) is 6.41. The molecule has 0 unspecified atom stereocenters. The van der Waals surface area contributed by atoms with Crippen LogP contribution in [0.25, 0.3) is 0 Å². The predicted octanol–water partition coefficient (Wildman–Crippen LogP) is 0.506. The number of Topliss-reactive ketones (excluding diaryl/α,β-unsaturated/α-hetero) is 1. The molecule has 0 bridgehead atoms. The van der Waals surface area contributed by atoms with Gasteiger partial charge in [0, 0.05) is 13.0 Å². The van der Waals surface area contributed by atoms with Crippen molar-refractivity contribution in [3.63, 3.8) is 0 Å². The van der Waals surface area contributed by atoms with Crippen molar-refractivity contribution in [2.24, 2.45) is 0 Å². The molecule has 19 heavy (non-hydrogen) atoms. The molecule has 0 aliphatic carbocycles. The molecule has 0 fully saturated rings. The molecule has 0 saturated heterocycles. The summed E-state index contributed by atoms with van der Waals surface area (Å²) >= 11 is 0. The Labute approximate surface area is 113 Å². The van der Waals surface area contributed by atoms with E-state index in [2.05, 4.69) is 0 Å². The van der Waals surface area contributed by atoms with Gasteiger partial charge in [-0.15, -0.1) is 4.48 Å². The number of carbonyl (C=O) groups is 1. The summed E-state index contributed by atoms with van der Waals surface area (Å²) in [5, 5.41) is 0. The highest BCUT2D eigenvalue weighted by molar-refractivity contribution is 5.75. The zero-order valence-corrected chi connectivity index (χ0v) is 11.5. The third-order valence-corrected chi connectivity index (χ3v) is 2.06. The lowest BCUT2D eigenvalue weighted by Gasteiger charge is -2.06. The second-order valence-corrected chi connectivity index (χ2v) is 3.79. The van der Waals surface area contributed by atoms with Gasteiger partial charge in [0.2, 0.25) is 0 Å². The van der Waals surface area contributed by atoms with Crippen molar-refractivity contribution in [2.45, 2.75) is 13.3 Å². The second kappa shape index (κ2) is 15.5. The summed E-state index contributed by atoms with van der Waals surface area (Å²) in [7, 11) is 0. The van der Waals surface area contributed by atoms with Gasteiger partial charge in [0.15, 0.2) is 0 Å². The van der Waals surface area contributed by atoms with Crippen LogP contribution < -0.4 is 5.54 Å². The SMILES string of the molecule is CC(=O)CCOCCOCCOCCOCCNF. The molecular formula is C12H24FNO5. The van der Waals surface area contributed by atoms with Crippen LogP contribution in [-0.2, 0) is 23.7 Å². The largest absolute Gasteiger partial charge is 0.379 e. The maximum Gasteiger partial charge on any atom is 0.132 e. The Morgan fingerprint density at radius 3 is 1.68 bits per heavy atom. The van der Waals surface area contributed by atoms with Crippen LogP contribution in [0.3, 0.4) is 0 Å². The summed E-state index contributed by atoms with van der Waals surface area (Å²) in [5.74, 6) is 0.124. The Hall–Kier alpha value is -0.600. The van der Waals surface area contributed by atoms with E-state index in [9.17, 15) is 9.28 Å². The summed E-state index contributed by atoms with van der Waals surface area (Å²) in [5.41, 5.74) is 1.50. The first kappa shape index (κ1) is 18.4. The third kappa shape index (κ3) is 17.4. The number of ketones is 1. The third-order valence-electron chi connectivity index (χ3n) is 2.06. The van der Waals surface area contributed by atoms with E-state index in [0.29, 0.717) is 59.3 Å². The van der Waals surface area contributed by atoms with Gasteiger partial charge in [-0.1, -0.05) is 0 Å². The van der Waals surface area contributed by atoms with Gasteiger partial charge >= 0.3 is 0 Å². The van der Waals surface area contributed by atoms with Crippen LogP contribution in [0.2, 0.25) is 0 Å². The summed E-state index contributed by atoms with van der Waals surface area (Å²) in [6.45, 7) is 5.34. The summed E-state index contributed by atoms with van der Waals surface area (Å²) in [4.78, 5) is 10.6. The molecule has 0 radical (unpaired) electrons. The van der Waals surface area contributed by atoms with Crippen LogP contribution in [0.5, 0.6) is 0 Å². The minimum atomic E-state index is 0.124. The second-order valence-electron chi connectivity index (χ2n) is 3.79. The molecule has 114 valence electrons. The van der Waals surface area contributed by atoms with E-state index in [4.69, 9.17) is 18.9 Å². The minimum Gasteiger partial charge on any atom is -0.379 e. The van der Waals surface area contributed by atoms with Gasteiger partial charge in [0.1, 0.15) is 5.78 Å². The van der Waals surface area contributed by atoms with Crippen LogP contribution in [0.4, 0.5) is 4.48 Å². The number of hydrogen-bond acceptors (Lipinski definition) is 6. The van der Waals surface area contributed by atoms with Gasteiger partial charge in [0.25, 0.3) is 0 Å². The van der Waals surface area contributed by atoms with Gasteiger partial charge in [-0.3, -0.25) is 4.79 Å². The maximum absolute atomic E-state index is 11.5. The van der Waals surface area contributed by atoms with Crippen molar-refractivity contribution in [1.29, 1.82) is 0 Å². The molecular weight excluding hydrogens is 257 g/mol. The molecule has 0 rings (SSSR count). The highest BCUT2D eigenvalue weighted by atomic mass is 19.2. The van der Waals surface area contributed by atoms with Gasteiger partial charge in [-0.05, 0) is 6.92 Å². The van der Waals surface area contributed by atoms with Crippen LogP contribution in [0, 0.1) is 0 Å². The van der Waals surface area contributed by atoms with Crippen molar-refractivity contribution in [2.75, 3.05) is 59.4 Å². The van der Waals surface area contributed by atoms with Crippen molar-refractivity contribution < 1.29 is 28.2 Å². The number of ether oxygens (including phenoxy) is 4. The maximum atomic E-state index is 11.5. The number of carbonyl (C=O) groups excluding carboxylic acids is 1. The molecule has 0 aromatic rings. The average Bonchev–Trinajstić information content (AvgIpc) is 2.39. The molecule has 6 nitrogen and oxygen atoms in total. The van der Waals surface area contributed by atoms with Crippen LogP contribution in [0.1, 0.15) is 13.3 Å². The standard InChI is InChI=1S/C12H24FNO5/c1-12(15)2-4-16-6-8-18-10-11-19-9-7-17-5-3-14-13/h14H,2-11H2,1H3. The lowest BCUT2D eigenvalue weighted by molar-refractivity contribution is -0.118. The summed E-state index contributed by atoms with van der Waals surface area (Å²) in [6, 6.07) is 0. The van der Waals surface area contributed by atoms with Crippen LogP contribution in [0.15, 0.2) is 0 Å². The Morgan fingerprint density at radius 2 is 1.26 bits per heavy atom. The van der Waals surface area contributed by atoms with Crippen molar-refractivity contribution >= 4 is 5.78 Å². The quantitative estimate of drug-likeness (QED) is 0.348. The van der Waals surface area contributed by atoms with Crippen molar-refractivity contribution in [3.05, 3.63) is 0 Å². The van der Waals surface area contributed by atoms with E-state index < -0.39 is 0 Å². The lowest BCUT2D eigenvalue weighted by Crippen LogP contribution is -2.15. The van der Waals surface area contributed by atoms with Gasteiger partial charge < -0.3 is 18.9 Å². The number of rotatable bonds is 15. The first-order chi connectivity index (χ1) is 9.27. The Kier molecular flexibility index (Phi) is 15.0. The van der Waals surface area contributed by atoms with Crippen LogP contribution >= 0.6 is 0 Å². The molecule has 0 saturated carbocycles. The molecule has 0 aliphatic heterocycles. The molecule has 0 spiro atoms. The fraction of sp³-hybridized carbons (Fsp3) is 0.917. The monoisotopic (exact) mass is 281 g/mol. The highest BCUT2D eigenvalue weighted by Crippen LogP contribution is 1.86. The Balaban J connectivity index is 2.93. The fourth-order valence-corrected chi connectivity index (χ4v) is 1.09. The molecule has 0 atom stereocenters. The van der Waals surface area contributed by atoms with Crippen molar-refractivity contribution in [3.8, 4) is 0 Å². The van der Waals surface area contributed by atoms with Gasteiger partial charge in [-0.2, -0.15) is 5.54 Å². The average molecular weight is 281 g/mol. The van der Waals surface area contributed by atoms with Gasteiger partial charge in [-0.25, -0.2) is 0 Å². The van der Waals surface area contributed by atoms with E-state index in [1.54, 1.807) is 0 Å². The summed E-state index contributed by atoms with van der Waals surface area (Å²) in [6.07, 6.45) is 0.445. The fourth-order valence-electron chi connectivity index (χ4n) is 1.09.